The summed E-state index contributed by atoms with van der Waals surface area (Å²) in [6.07, 6.45) is 0.937. The largest absolute Gasteiger partial charge is 0.392 e. The maximum Gasteiger partial charge on any atom is 0.0693 e. The van der Waals surface area contributed by atoms with Crippen LogP contribution >= 0.6 is 11.3 Å². The maximum atomic E-state index is 9.95. The Labute approximate surface area is 112 Å². The first-order chi connectivity index (χ1) is 8.74. The van der Waals surface area contributed by atoms with Crippen molar-refractivity contribution in [3.05, 3.63) is 35.2 Å². The third-order valence-electron chi connectivity index (χ3n) is 3.96. The average molecular weight is 261 g/mol. The standard InChI is InChI=1S/C15H19NOS/c1-11-6-7-16(9-14(11)17)8-12-10-18-15-5-3-2-4-13(12)15/h2-5,10-11,14,17H,6-9H2,1H3. The van der Waals surface area contributed by atoms with Gasteiger partial charge in [-0.25, -0.2) is 0 Å². The smallest absolute Gasteiger partial charge is 0.0693 e. The van der Waals surface area contributed by atoms with E-state index >= 15 is 0 Å². The summed E-state index contributed by atoms with van der Waals surface area (Å²) >= 11 is 1.81. The van der Waals surface area contributed by atoms with Crippen LogP contribution in [0.5, 0.6) is 0 Å². The van der Waals surface area contributed by atoms with Crippen molar-refractivity contribution in [2.24, 2.45) is 5.92 Å². The van der Waals surface area contributed by atoms with Crippen molar-refractivity contribution in [1.82, 2.24) is 4.90 Å². The molecule has 2 heterocycles. The number of aliphatic hydroxyl groups excluding tert-OH is 1. The van der Waals surface area contributed by atoms with Crippen LogP contribution in [0.2, 0.25) is 0 Å². The van der Waals surface area contributed by atoms with E-state index < -0.39 is 0 Å². The van der Waals surface area contributed by atoms with E-state index in [4.69, 9.17) is 0 Å². The van der Waals surface area contributed by atoms with Crippen LogP contribution in [0.25, 0.3) is 10.1 Å². The highest BCUT2D eigenvalue weighted by molar-refractivity contribution is 7.17. The van der Waals surface area contributed by atoms with Crippen molar-refractivity contribution in [3.8, 4) is 0 Å². The maximum absolute atomic E-state index is 9.95. The van der Waals surface area contributed by atoms with Crippen LogP contribution in [0.4, 0.5) is 0 Å². The molecule has 1 N–H and O–H groups in total. The summed E-state index contributed by atoms with van der Waals surface area (Å²) in [6.45, 7) is 5.02. The monoisotopic (exact) mass is 261 g/mol. The molecule has 0 amide bonds. The fraction of sp³-hybridized carbons (Fsp3) is 0.467. The van der Waals surface area contributed by atoms with Gasteiger partial charge in [-0.15, -0.1) is 11.3 Å². The molecule has 1 aromatic carbocycles. The zero-order chi connectivity index (χ0) is 12.5. The number of fused-ring (bicyclic) bond motifs is 1. The molecule has 1 saturated heterocycles. The van der Waals surface area contributed by atoms with Crippen LogP contribution in [-0.2, 0) is 6.54 Å². The van der Waals surface area contributed by atoms with Crippen LogP contribution in [0.15, 0.2) is 29.6 Å². The highest BCUT2D eigenvalue weighted by atomic mass is 32.1. The van der Waals surface area contributed by atoms with E-state index in [9.17, 15) is 5.11 Å². The summed E-state index contributed by atoms with van der Waals surface area (Å²) in [5, 5.41) is 13.6. The van der Waals surface area contributed by atoms with Gasteiger partial charge in [0.2, 0.25) is 0 Å². The van der Waals surface area contributed by atoms with Crippen LogP contribution in [0, 0.1) is 5.92 Å². The highest BCUT2D eigenvalue weighted by Gasteiger charge is 2.24. The lowest BCUT2D eigenvalue weighted by Crippen LogP contribution is -2.42. The van der Waals surface area contributed by atoms with Crippen LogP contribution in [0.1, 0.15) is 18.9 Å². The number of piperidine rings is 1. The number of nitrogens with zero attached hydrogens (tertiary/aromatic N) is 1. The van der Waals surface area contributed by atoms with Gasteiger partial charge in [0.1, 0.15) is 0 Å². The third-order valence-corrected chi connectivity index (χ3v) is 4.97. The van der Waals surface area contributed by atoms with E-state index in [0.717, 1.165) is 26.1 Å². The summed E-state index contributed by atoms with van der Waals surface area (Å²) in [6, 6.07) is 8.57. The Hall–Kier alpha value is -0.900. The van der Waals surface area contributed by atoms with Crippen LogP contribution < -0.4 is 0 Å². The van der Waals surface area contributed by atoms with Crippen molar-refractivity contribution >= 4 is 21.4 Å². The van der Waals surface area contributed by atoms with Crippen molar-refractivity contribution in [1.29, 1.82) is 0 Å². The van der Waals surface area contributed by atoms with Crippen LogP contribution in [-0.4, -0.2) is 29.2 Å². The fourth-order valence-corrected chi connectivity index (χ4v) is 3.61. The molecule has 1 aliphatic heterocycles. The molecule has 0 radical (unpaired) electrons. The number of β-amino-alcohol motifs (C(OH)–C–C–N with tert-alkyl or cyclic N) is 1. The van der Waals surface area contributed by atoms with E-state index in [1.54, 1.807) is 0 Å². The molecular formula is C15H19NOS. The minimum absolute atomic E-state index is 0.163. The summed E-state index contributed by atoms with van der Waals surface area (Å²) < 4.78 is 1.36. The molecule has 3 rings (SSSR count). The molecule has 1 aliphatic rings. The van der Waals surface area contributed by atoms with Gasteiger partial charge in [-0.1, -0.05) is 25.1 Å². The summed E-state index contributed by atoms with van der Waals surface area (Å²) in [5.41, 5.74) is 1.40. The number of rotatable bonds is 2. The zero-order valence-electron chi connectivity index (χ0n) is 10.7. The summed E-state index contributed by atoms with van der Waals surface area (Å²) in [4.78, 5) is 2.37. The molecule has 2 unspecified atom stereocenters. The van der Waals surface area contributed by atoms with Gasteiger partial charge in [-0.05, 0) is 41.3 Å². The number of thiophene rings is 1. The lowest BCUT2D eigenvalue weighted by Gasteiger charge is -2.34. The highest BCUT2D eigenvalue weighted by Crippen LogP contribution is 2.28. The lowest BCUT2D eigenvalue weighted by atomic mass is 9.96. The second-order valence-corrected chi connectivity index (χ2v) is 6.24. The Morgan fingerprint density at radius 1 is 1.39 bits per heavy atom. The number of hydrogen-bond acceptors (Lipinski definition) is 3. The Balaban J connectivity index is 1.76. The molecule has 3 heteroatoms. The topological polar surface area (TPSA) is 23.5 Å². The van der Waals surface area contributed by atoms with E-state index in [-0.39, 0.29) is 6.10 Å². The predicted molar refractivity (Wildman–Crippen MR) is 76.9 cm³/mol. The molecule has 2 atom stereocenters. The molecule has 0 spiro atoms. The number of benzene rings is 1. The van der Waals surface area contributed by atoms with Gasteiger partial charge >= 0.3 is 0 Å². The Bertz CT molecular complexity index is 536. The minimum atomic E-state index is -0.163. The normalized spacial score (nSPS) is 25.7. The summed E-state index contributed by atoms with van der Waals surface area (Å²) in [7, 11) is 0. The van der Waals surface area contributed by atoms with Crippen molar-refractivity contribution < 1.29 is 5.11 Å². The van der Waals surface area contributed by atoms with Gasteiger partial charge in [0, 0.05) is 17.8 Å². The first-order valence-electron chi connectivity index (χ1n) is 6.59. The minimum Gasteiger partial charge on any atom is -0.392 e. The van der Waals surface area contributed by atoms with Gasteiger partial charge < -0.3 is 5.11 Å². The molecule has 1 fully saturated rings. The van der Waals surface area contributed by atoms with Gasteiger partial charge in [0.05, 0.1) is 6.10 Å². The van der Waals surface area contributed by atoms with Gasteiger partial charge in [-0.3, -0.25) is 4.90 Å². The van der Waals surface area contributed by atoms with E-state index in [1.807, 2.05) is 11.3 Å². The average Bonchev–Trinajstić information content (AvgIpc) is 2.78. The lowest BCUT2D eigenvalue weighted by molar-refractivity contribution is 0.0261. The van der Waals surface area contributed by atoms with E-state index in [0.29, 0.717) is 5.92 Å². The molecular weight excluding hydrogens is 242 g/mol. The van der Waals surface area contributed by atoms with Crippen LogP contribution in [0.3, 0.4) is 0 Å². The van der Waals surface area contributed by atoms with Gasteiger partial charge in [0.25, 0.3) is 0 Å². The quantitative estimate of drug-likeness (QED) is 0.898. The Morgan fingerprint density at radius 2 is 2.22 bits per heavy atom. The molecule has 2 aromatic rings. The Kier molecular flexibility index (Phi) is 3.37. The fourth-order valence-electron chi connectivity index (χ4n) is 2.65. The van der Waals surface area contributed by atoms with Crippen molar-refractivity contribution in [3.63, 3.8) is 0 Å². The predicted octanol–water partition coefficient (Wildman–Crippen LogP) is 3.10. The molecule has 0 bridgehead atoms. The molecule has 2 nitrogen and oxygen atoms in total. The van der Waals surface area contributed by atoms with E-state index in [2.05, 4.69) is 41.5 Å². The molecule has 18 heavy (non-hydrogen) atoms. The van der Waals surface area contributed by atoms with E-state index in [1.165, 1.54) is 15.6 Å². The Morgan fingerprint density at radius 3 is 3.06 bits per heavy atom. The van der Waals surface area contributed by atoms with Gasteiger partial charge in [-0.2, -0.15) is 0 Å². The number of aliphatic hydroxyl groups is 1. The SMILES string of the molecule is CC1CCN(Cc2csc3ccccc23)CC1O. The van der Waals surface area contributed by atoms with Crippen molar-refractivity contribution in [2.75, 3.05) is 13.1 Å². The number of likely N-dealkylation sites (tertiary alicyclic amines) is 1. The number of hydrogen-bond donors (Lipinski definition) is 1. The molecule has 0 saturated carbocycles. The van der Waals surface area contributed by atoms with Crippen molar-refractivity contribution in [2.45, 2.75) is 26.0 Å². The second kappa shape index (κ2) is 5.00. The third kappa shape index (κ3) is 2.30. The van der Waals surface area contributed by atoms with Gasteiger partial charge in [0.15, 0.2) is 0 Å². The molecule has 96 valence electrons. The first-order valence-corrected chi connectivity index (χ1v) is 7.47. The second-order valence-electron chi connectivity index (χ2n) is 5.33. The summed E-state index contributed by atoms with van der Waals surface area (Å²) in [5.74, 6) is 0.445. The molecule has 0 aliphatic carbocycles. The molecule has 1 aromatic heterocycles. The zero-order valence-corrected chi connectivity index (χ0v) is 11.5. The first kappa shape index (κ1) is 12.2.